The lowest BCUT2D eigenvalue weighted by Gasteiger charge is -2.25. The molecule has 0 saturated carbocycles. The molecule has 2 atom stereocenters. The van der Waals surface area contributed by atoms with Gasteiger partial charge >= 0.3 is 5.97 Å². The van der Waals surface area contributed by atoms with Crippen molar-refractivity contribution < 1.29 is 14.6 Å². The topological polar surface area (TPSA) is 102 Å². The van der Waals surface area contributed by atoms with Gasteiger partial charge in [0.05, 0.1) is 29.6 Å². The molecule has 3 rings (SSSR count). The molecule has 32 heavy (non-hydrogen) atoms. The number of aryl methyl sites for hydroxylation is 1. The van der Waals surface area contributed by atoms with Gasteiger partial charge in [-0.25, -0.2) is 4.68 Å². The van der Waals surface area contributed by atoms with Gasteiger partial charge in [0.15, 0.2) is 5.82 Å². The number of nitrogens with zero attached hydrogens (tertiary/aromatic N) is 4. The lowest BCUT2D eigenvalue weighted by atomic mass is 9.99. The molecule has 1 aromatic heterocycles. The van der Waals surface area contributed by atoms with Gasteiger partial charge in [0, 0.05) is 12.6 Å². The fourth-order valence-electron chi connectivity index (χ4n) is 3.38. The third kappa shape index (κ3) is 5.97. The Morgan fingerprint density at radius 2 is 1.88 bits per heavy atom. The summed E-state index contributed by atoms with van der Waals surface area (Å²) in [6, 6.07) is 11.6. The Morgan fingerprint density at radius 1 is 1.16 bits per heavy atom. The number of unbranched alkanes of at least 4 members (excludes halogenated alkanes) is 1. The zero-order chi connectivity index (χ0) is 23.1. The smallest absolute Gasteiger partial charge is 0.305 e. The normalized spacial score (nSPS) is 13.0. The van der Waals surface area contributed by atoms with Gasteiger partial charge in [0.2, 0.25) is 0 Å². The summed E-state index contributed by atoms with van der Waals surface area (Å²) >= 11 is 12.3. The first-order valence-electron chi connectivity index (χ1n) is 10.3. The minimum atomic E-state index is -0.951. The van der Waals surface area contributed by atoms with Crippen LogP contribution < -0.4 is 10.1 Å². The van der Waals surface area contributed by atoms with Crippen LogP contribution in [0.15, 0.2) is 42.5 Å². The van der Waals surface area contributed by atoms with Crippen molar-refractivity contribution in [3.8, 4) is 5.75 Å². The zero-order valence-electron chi connectivity index (χ0n) is 17.8. The molecule has 2 unspecified atom stereocenters. The molecule has 1 heterocycles. The Morgan fingerprint density at radius 3 is 2.50 bits per heavy atom. The second-order valence-electron chi connectivity index (χ2n) is 7.31. The van der Waals surface area contributed by atoms with Crippen molar-refractivity contribution in [2.24, 2.45) is 0 Å². The van der Waals surface area contributed by atoms with Crippen molar-refractivity contribution in [2.45, 2.75) is 44.8 Å². The van der Waals surface area contributed by atoms with Crippen LogP contribution in [0, 0.1) is 0 Å². The molecule has 2 aromatic carbocycles. The number of methoxy groups -OCH3 is 1. The molecule has 0 aliphatic heterocycles. The van der Waals surface area contributed by atoms with Crippen molar-refractivity contribution in [1.29, 1.82) is 0 Å². The lowest BCUT2D eigenvalue weighted by Crippen LogP contribution is -2.31. The van der Waals surface area contributed by atoms with Crippen LogP contribution in [0.1, 0.15) is 55.2 Å². The second-order valence-corrected chi connectivity index (χ2v) is 8.13. The van der Waals surface area contributed by atoms with E-state index in [0.717, 1.165) is 18.4 Å². The number of carboxylic acid groups (broad SMARTS) is 1. The number of halogens is 2. The highest BCUT2D eigenvalue weighted by molar-refractivity contribution is 6.42. The van der Waals surface area contributed by atoms with E-state index in [0.29, 0.717) is 33.7 Å². The maximum absolute atomic E-state index is 11.7. The van der Waals surface area contributed by atoms with Gasteiger partial charge in [0.25, 0.3) is 0 Å². The number of hydrogen-bond donors (Lipinski definition) is 2. The Balaban J connectivity index is 2.02. The van der Waals surface area contributed by atoms with Crippen molar-refractivity contribution in [3.63, 3.8) is 0 Å². The van der Waals surface area contributed by atoms with Crippen molar-refractivity contribution in [2.75, 3.05) is 7.11 Å². The summed E-state index contributed by atoms with van der Waals surface area (Å²) in [7, 11) is 1.60. The van der Waals surface area contributed by atoms with E-state index >= 15 is 0 Å². The van der Waals surface area contributed by atoms with E-state index in [1.165, 1.54) is 0 Å². The third-order valence-corrected chi connectivity index (χ3v) is 5.82. The van der Waals surface area contributed by atoms with E-state index in [1.807, 2.05) is 24.3 Å². The first kappa shape index (κ1) is 24.0. The van der Waals surface area contributed by atoms with E-state index in [9.17, 15) is 9.90 Å². The molecule has 2 N–H and O–H groups in total. The molecule has 0 bridgehead atoms. The van der Waals surface area contributed by atoms with Crippen molar-refractivity contribution in [1.82, 2.24) is 25.5 Å². The van der Waals surface area contributed by atoms with Crippen LogP contribution in [0.2, 0.25) is 10.0 Å². The predicted octanol–water partition coefficient (Wildman–Crippen LogP) is 4.68. The van der Waals surface area contributed by atoms with Crippen molar-refractivity contribution in [3.05, 3.63) is 69.5 Å². The van der Waals surface area contributed by atoms with Gasteiger partial charge in [-0.2, -0.15) is 0 Å². The number of aromatic nitrogens is 4. The molecule has 3 aromatic rings. The van der Waals surface area contributed by atoms with Crippen LogP contribution >= 0.6 is 23.2 Å². The highest BCUT2D eigenvalue weighted by Gasteiger charge is 2.27. The number of aliphatic carboxylic acids is 1. The van der Waals surface area contributed by atoms with Crippen LogP contribution in [0.3, 0.4) is 0 Å². The minimum absolute atomic E-state index is 0.166. The Bertz CT molecular complexity index is 1040. The van der Waals surface area contributed by atoms with Gasteiger partial charge in [-0.1, -0.05) is 54.7 Å². The molecule has 0 amide bonds. The first-order valence-corrected chi connectivity index (χ1v) is 11.0. The number of carbonyl (C=O) groups is 1. The molecule has 0 saturated heterocycles. The van der Waals surface area contributed by atoms with Gasteiger partial charge in [0.1, 0.15) is 5.75 Å². The van der Waals surface area contributed by atoms with Crippen LogP contribution in [-0.4, -0.2) is 38.4 Å². The summed E-state index contributed by atoms with van der Waals surface area (Å²) in [4.78, 5) is 11.7. The number of hydrogen-bond acceptors (Lipinski definition) is 6. The predicted molar refractivity (Wildman–Crippen MR) is 122 cm³/mol. The standard InChI is InChI=1S/C22H25Cl2N5O3/c1-3-4-11-29-22(26-27-28-29)21(14-5-8-16(32-2)9-6-14)25-19(13-20(30)31)15-7-10-17(23)18(24)12-15/h5-10,12,19,21,25H,3-4,11,13H2,1-2H3,(H,30,31). The summed E-state index contributed by atoms with van der Waals surface area (Å²) in [5.41, 5.74) is 1.57. The van der Waals surface area contributed by atoms with Gasteiger partial charge < -0.3 is 9.84 Å². The zero-order valence-corrected chi connectivity index (χ0v) is 19.3. The summed E-state index contributed by atoms with van der Waals surface area (Å²) in [5, 5.41) is 26.0. The molecule has 0 fully saturated rings. The summed E-state index contributed by atoms with van der Waals surface area (Å²) in [6.45, 7) is 2.75. The SMILES string of the molecule is CCCCn1nnnc1C(NC(CC(=O)O)c1ccc(Cl)c(Cl)c1)c1ccc(OC)cc1. The highest BCUT2D eigenvalue weighted by atomic mass is 35.5. The molecule has 0 radical (unpaired) electrons. The molecule has 170 valence electrons. The van der Waals surface area contributed by atoms with Gasteiger partial charge in [-0.3, -0.25) is 10.1 Å². The number of carboxylic acids is 1. The number of ether oxygens (including phenoxy) is 1. The quantitative estimate of drug-likeness (QED) is 0.413. The third-order valence-electron chi connectivity index (χ3n) is 5.08. The van der Waals surface area contributed by atoms with Gasteiger partial charge in [-0.15, -0.1) is 5.10 Å². The Labute approximate surface area is 196 Å². The number of nitrogens with one attached hydrogen (secondary N) is 1. The Kier molecular flexibility index (Phi) is 8.44. The van der Waals surface area contributed by atoms with Crippen molar-refractivity contribution >= 4 is 29.2 Å². The highest BCUT2D eigenvalue weighted by Crippen LogP contribution is 2.31. The van der Waals surface area contributed by atoms with E-state index in [2.05, 4.69) is 27.8 Å². The monoisotopic (exact) mass is 477 g/mol. The number of rotatable bonds is 11. The van der Waals surface area contributed by atoms with E-state index in [1.54, 1.807) is 30.0 Å². The molecular formula is C22H25Cl2N5O3. The maximum Gasteiger partial charge on any atom is 0.305 e. The fourth-order valence-corrected chi connectivity index (χ4v) is 3.69. The molecule has 8 nitrogen and oxygen atoms in total. The van der Waals surface area contributed by atoms with Crippen LogP contribution in [0.25, 0.3) is 0 Å². The summed E-state index contributed by atoms with van der Waals surface area (Å²) in [6.07, 6.45) is 1.74. The molecule has 0 aliphatic carbocycles. The number of benzene rings is 2. The van der Waals surface area contributed by atoms with E-state index in [4.69, 9.17) is 27.9 Å². The summed E-state index contributed by atoms with van der Waals surface area (Å²) < 4.78 is 7.02. The average Bonchev–Trinajstić information content (AvgIpc) is 3.25. The van der Waals surface area contributed by atoms with E-state index < -0.39 is 18.1 Å². The molecular weight excluding hydrogens is 453 g/mol. The largest absolute Gasteiger partial charge is 0.497 e. The fraction of sp³-hybridized carbons (Fsp3) is 0.364. The average molecular weight is 478 g/mol. The molecule has 0 spiro atoms. The van der Waals surface area contributed by atoms with E-state index in [-0.39, 0.29) is 6.42 Å². The molecule has 10 heteroatoms. The van der Waals surface area contributed by atoms with Crippen LogP contribution in [0.5, 0.6) is 5.75 Å². The minimum Gasteiger partial charge on any atom is -0.497 e. The van der Waals surface area contributed by atoms with Crippen LogP contribution in [-0.2, 0) is 11.3 Å². The lowest BCUT2D eigenvalue weighted by molar-refractivity contribution is -0.137. The molecule has 0 aliphatic rings. The second kappa shape index (κ2) is 11.3. The first-order chi connectivity index (χ1) is 15.4. The maximum atomic E-state index is 11.7. The Hall–Kier alpha value is -2.68. The summed E-state index contributed by atoms with van der Waals surface area (Å²) in [5.74, 6) is 0.358. The van der Waals surface area contributed by atoms with Crippen LogP contribution in [0.4, 0.5) is 0 Å². The number of tetrazole rings is 1. The van der Waals surface area contributed by atoms with Gasteiger partial charge in [-0.05, 0) is 52.2 Å².